The Balaban J connectivity index is 2.25. The van der Waals surface area contributed by atoms with Crippen molar-refractivity contribution in [2.75, 3.05) is 0 Å². The predicted molar refractivity (Wildman–Crippen MR) is 57.2 cm³/mol. The molecule has 1 aromatic carbocycles. The molecule has 90 valence electrons. The van der Waals surface area contributed by atoms with Crippen LogP contribution in [0.4, 0.5) is 13.2 Å². The summed E-state index contributed by atoms with van der Waals surface area (Å²) in [6.45, 7) is 0. The molecule has 0 aliphatic heterocycles. The fourth-order valence-corrected chi connectivity index (χ4v) is 1.89. The zero-order valence-electron chi connectivity index (χ0n) is 9.22. The van der Waals surface area contributed by atoms with E-state index in [2.05, 4.69) is 0 Å². The van der Waals surface area contributed by atoms with Crippen molar-refractivity contribution < 1.29 is 13.2 Å². The first-order valence-electron chi connectivity index (χ1n) is 5.61. The minimum Gasteiger partial charge on any atom is -0.192 e. The highest BCUT2D eigenvalue weighted by molar-refractivity contribution is 5.39. The van der Waals surface area contributed by atoms with E-state index in [0.29, 0.717) is 17.9 Å². The molecule has 1 aliphatic rings. The lowest BCUT2D eigenvalue weighted by Crippen LogP contribution is -2.10. The van der Waals surface area contributed by atoms with Gasteiger partial charge >= 0.3 is 6.18 Å². The summed E-state index contributed by atoms with van der Waals surface area (Å²) in [6, 6.07) is 5.58. The number of hydrogen-bond donors (Lipinski definition) is 0. The van der Waals surface area contributed by atoms with Crippen molar-refractivity contribution in [1.29, 1.82) is 5.26 Å². The van der Waals surface area contributed by atoms with E-state index in [1.54, 1.807) is 6.07 Å². The van der Waals surface area contributed by atoms with Crippen LogP contribution in [-0.4, -0.2) is 0 Å². The molecule has 0 bridgehead atoms. The van der Waals surface area contributed by atoms with Crippen molar-refractivity contribution in [2.24, 2.45) is 5.92 Å². The molecular formula is C13H12F3N. The van der Waals surface area contributed by atoms with Gasteiger partial charge in [0.1, 0.15) is 0 Å². The molecule has 1 aromatic rings. The van der Waals surface area contributed by atoms with Crippen molar-refractivity contribution in [3.63, 3.8) is 0 Å². The zero-order chi connectivity index (χ0) is 12.5. The molecule has 1 aliphatic carbocycles. The standard InChI is InChI=1S/C13H12F3N/c14-13(15,16)12-7-10(8-17)4-6-11(12)5-3-9-1-2-9/h4,6-7,9H,1-3,5H2. The lowest BCUT2D eigenvalue weighted by molar-refractivity contribution is -0.138. The van der Waals surface area contributed by atoms with Crippen LogP contribution in [-0.2, 0) is 12.6 Å². The number of nitriles is 1. The predicted octanol–water partition coefficient (Wildman–Crippen LogP) is 3.92. The van der Waals surface area contributed by atoms with Crippen LogP contribution in [0.25, 0.3) is 0 Å². The van der Waals surface area contributed by atoms with E-state index in [-0.39, 0.29) is 5.56 Å². The lowest BCUT2D eigenvalue weighted by Gasteiger charge is -2.12. The third-order valence-corrected chi connectivity index (χ3v) is 3.06. The van der Waals surface area contributed by atoms with E-state index in [1.165, 1.54) is 12.1 Å². The Morgan fingerprint density at radius 3 is 2.53 bits per heavy atom. The third kappa shape index (κ3) is 3.00. The molecule has 1 fully saturated rings. The highest BCUT2D eigenvalue weighted by Crippen LogP contribution is 2.37. The van der Waals surface area contributed by atoms with Gasteiger partial charge in [-0.05, 0) is 36.5 Å². The summed E-state index contributed by atoms with van der Waals surface area (Å²) in [7, 11) is 0. The van der Waals surface area contributed by atoms with Gasteiger partial charge in [-0.15, -0.1) is 0 Å². The molecular weight excluding hydrogens is 227 g/mol. The van der Waals surface area contributed by atoms with Gasteiger partial charge in [0.15, 0.2) is 0 Å². The number of alkyl halides is 3. The molecule has 0 N–H and O–H groups in total. The highest BCUT2D eigenvalue weighted by atomic mass is 19.4. The molecule has 0 radical (unpaired) electrons. The SMILES string of the molecule is N#Cc1ccc(CCC2CC2)c(C(F)(F)F)c1. The summed E-state index contributed by atoms with van der Waals surface area (Å²) < 4.78 is 38.4. The molecule has 0 saturated heterocycles. The third-order valence-electron chi connectivity index (χ3n) is 3.06. The van der Waals surface area contributed by atoms with Gasteiger partial charge in [-0.1, -0.05) is 18.9 Å². The van der Waals surface area contributed by atoms with Crippen LogP contribution in [0.1, 0.15) is 36.0 Å². The van der Waals surface area contributed by atoms with Gasteiger partial charge in [-0.2, -0.15) is 18.4 Å². The largest absolute Gasteiger partial charge is 0.416 e. The maximum absolute atomic E-state index is 12.8. The normalized spacial score (nSPS) is 15.6. The Morgan fingerprint density at radius 1 is 1.29 bits per heavy atom. The van der Waals surface area contributed by atoms with Crippen LogP contribution in [0.3, 0.4) is 0 Å². The molecule has 1 nitrogen and oxygen atoms in total. The molecule has 17 heavy (non-hydrogen) atoms. The number of halogens is 3. The van der Waals surface area contributed by atoms with Crippen molar-refractivity contribution in [1.82, 2.24) is 0 Å². The van der Waals surface area contributed by atoms with Crippen molar-refractivity contribution >= 4 is 0 Å². The van der Waals surface area contributed by atoms with Gasteiger partial charge in [0.25, 0.3) is 0 Å². The minimum absolute atomic E-state index is 0.0625. The maximum atomic E-state index is 12.8. The van der Waals surface area contributed by atoms with Gasteiger partial charge in [0.2, 0.25) is 0 Å². The van der Waals surface area contributed by atoms with E-state index in [1.807, 2.05) is 0 Å². The van der Waals surface area contributed by atoms with Crippen LogP contribution >= 0.6 is 0 Å². The molecule has 0 amide bonds. The number of hydrogen-bond acceptors (Lipinski definition) is 1. The molecule has 0 atom stereocenters. The molecule has 2 rings (SSSR count). The van der Waals surface area contributed by atoms with Crippen LogP contribution in [0.5, 0.6) is 0 Å². The Morgan fingerprint density at radius 2 is 2.00 bits per heavy atom. The first-order valence-corrected chi connectivity index (χ1v) is 5.61. The molecule has 4 heteroatoms. The topological polar surface area (TPSA) is 23.8 Å². The fraction of sp³-hybridized carbons (Fsp3) is 0.462. The summed E-state index contributed by atoms with van der Waals surface area (Å²) in [5.74, 6) is 0.603. The average Bonchev–Trinajstić information content (AvgIpc) is 3.08. The summed E-state index contributed by atoms with van der Waals surface area (Å²) in [5.41, 5.74) is -0.284. The van der Waals surface area contributed by atoms with Gasteiger partial charge in [0.05, 0.1) is 17.2 Å². The Hall–Kier alpha value is -1.50. The molecule has 1 saturated carbocycles. The van der Waals surface area contributed by atoms with E-state index < -0.39 is 11.7 Å². The number of nitrogens with zero attached hydrogens (tertiary/aromatic N) is 1. The Bertz CT molecular complexity index is 453. The van der Waals surface area contributed by atoms with Crippen molar-refractivity contribution in [2.45, 2.75) is 31.9 Å². The zero-order valence-corrected chi connectivity index (χ0v) is 9.22. The van der Waals surface area contributed by atoms with E-state index in [9.17, 15) is 13.2 Å². The smallest absolute Gasteiger partial charge is 0.192 e. The van der Waals surface area contributed by atoms with Gasteiger partial charge in [0, 0.05) is 0 Å². The van der Waals surface area contributed by atoms with E-state index in [4.69, 9.17) is 5.26 Å². The van der Waals surface area contributed by atoms with Crippen molar-refractivity contribution in [3.8, 4) is 6.07 Å². The lowest BCUT2D eigenvalue weighted by atomic mass is 9.99. The van der Waals surface area contributed by atoms with Gasteiger partial charge in [-0.25, -0.2) is 0 Å². The number of benzene rings is 1. The summed E-state index contributed by atoms with van der Waals surface area (Å²) in [4.78, 5) is 0. The van der Waals surface area contributed by atoms with Crippen LogP contribution in [0.15, 0.2) is 18.2 Å². The highest BCUT2D eigenvalue weighted by Gasteiger charge is 2.34. The van der Waals surface area contributed by atoms with E-state index in [0.717, 1.165) is 25.3 Å². The van der Waals surface area contributed by atoms with Gasteiger partial charge < -0.3 is 0 Å². The maximum Gasteiger partial charge on any atom is 0.416 e. The van der Waals surface area contributed by atoms with Crippen molar-refractivity contribution in [3.05, 3.63) is 34.9 Å². The summed E-state index contributed by atoms with van der Waals surface area (Å²) in [6.07, 6.45) is -0.832. The molecule has 0 unspecified atom stereocenters. The second-order valence-corrected chi connectivity index (χ2v) is 4.46. The summed E-state index contributed by atoms with van der Waals surface area (Å²) in [5, 5.41) is 8.63. The monoisotopic (exact) mass is 239 g/mol. The first-order chi connectivity index (χ1) is 8.00. The fourth-order valence-electron chi connectivity index (χ4n) is 1.89. The molecule has 0 aromatic heterocycles. The Labute approximate surface area is 97.9 Å². The molecule has 0 spiro atoms. The van der Waals surface area contributed by atoms with Crippen LogP contribution in [0, 0.1) is 17.2 Å². The van der Waals surface area contributed by atoms with Gasteiger partial charge in [-0.3, -0.25) is 0 Å². The van der Waals surface area contributed by atoms with Crippen LogP contribution in [0.2, 0.25) is 0 Å². The minimum atomic E-state index is -4.37. The van der Waals surface area contributed by atoms with E-state index >= 15 is 0 Å². The summed E-state index contributed by atoms with van der Waals surface area (Å²) >= 11 is 0. The quantitative estimate of drug-likeness (QED) is 0.784. The van der Waals surface area contributed by atoms with Crippen LogP contribution < -0.4 is 0 Å². The second-order valence-electron chi connectivity index (χ2n) is 4.46. The number of rotatable bonds is 3. The number of aryl methyl sites for hydroxylation is 1. The first kappa shape index (κ1) is 12.0. The average molecular weight is 239 g/mol. The molecule has 0 heterocycles. The second kappa shape index (κ2) is 4.40. The Kier molecular flexibility index (Phi) is 3.10.